The minimum Gasteiger partial charge on any atom is -0.299 e. The summed E-state index contributed by atoms with van der Waals surface area (Å²) in [6.45, 7) is 12.1. The molecule has 0 N–H and O–H groups in total. The van der Waals surface area contributed by atoms with E-state index in [1.165, 1.54) is 0 Å². The summed E-state index contributed by atoms with van der Waals surface area (Å²) < 4.78 is 0. The van der Waals surface area contributed by atoms with Crippen molar-refractivity contribution >= 4 is 11.6 Å². The molecule has 0 fully saturated rings. The summed E-state index contributed by atoms with van der Waals surface area (Å²) >= 11 is 0. The fourth-order valence-electron chi connectivity index (χ4n) is 2.69. The van der Waals surface area contributed by atoms with Crippen LogP contribution in [0.2, 0.25) is 0 Å². The zero-order valence-corrected chi connectivity index (χ0v) is 13.0. The number of rotatable bonds is 9. The van der Waals surface area contributed by atoms with Crippen LogP contribution in [0.4, 0.5) is 0 Å². The lowest BCUT2D eigenvalue weighted by atomic mass is 9.76. The van der Waals surface area contributed by atoms with Gasteiger partial charge >= 0.3 is 0 Å². The number of carbonyl (C=O) groups is 2. The van der Waals surface area contributed by atoms with Crippen molar-refractivity contribution in [2.24, 2.45) is 23.7 Å². The molecule has 0 bridgehead atoms. The fourth-order valence-corrected chi connectivity index (χ4v) is 2.69. The third-order valence-corrected chi connectivity index (χ3v) is 4.06. The highest BCUT2D eigenvalue weighted by Gasteiger charge is 2.35. The molecular weight excluding hydrogens is 224 g/mol. The molecule has 2 heteroatoms. The maximum Gasteiger partial charge on any atom is 0.146 e. The molecule has 18 heavy (non-hydrogen) atoms. The standard InChI is InChI=1S/C16H30O2/c1-7-12(8-2)15(17)14(11(5)6)16(18)13(9-3)10-4/h11-14H,7-10H2,1-6H3. The van der Waals surface area contributed by atoms with Gasteiger partial charge in [-0.2, -0.15) is 0 Å². The van der Waals surface area contributed by atoms with E-state index in [1.807, 2.05) is 41.5 Å². The number of Topliss-reactive ketones (excluding diaryl/α,β-unsaturated/α-hetero) is 2. The van der Waals surface area contributed by atoms with Crippen molar-refractivity contribution in [3.63, 3.8) is 0 Å². The molecule has 0 radical (unpaired) electrons. The first-order valence-electron chi connectivity index (χ1n) is 7.51. The van der Waals surface area contributed by atoms with Crippen molar-refractivity contribution in [3.8, 4) is 0 Å². The van der Waals surface area contributed by atoms with Gasteiger partial charge in [0.25, 0.3) is 0 Å². The predicted molar refractivity (Wildman–Crippen MR) is 76.5 cm³/mol. The van der Waals surface area contributed by atoms with Crippen molar-refractivity contribution in [2.75, 3.05) is 0 Å². The first-order valence-corrected chi connectivity index (χ1v) is 7.51. The Morgan fingerprint density at radius 2 is 1.00 bits per heavy atom. The van der Waals surface area contributed by atoms with Crippen LogP contribution in [0.15, 0.2) is 0 Å². The first-order chi connectivity index (χ1) is 8.44. The largest absolute Gasteiger partial charge is 0.299 e. The van der Waals surface area contributed by atoms with Crippen molar-refractivity contribution in [1.29, 1.82) is 0 Å². The van der Waals surface area contributed by atoms with E-state index in [0.717, 1.165) is 25.7 Å². The minimum absolute atomic E-state index is 0.0516. The van der Waals surface area contributed by atoms with E-state index in [4.69, 9.17) is 0 Å². The van der Waals surface area contributed by atoms with Gasteiger partial charge in [0.15, 0.2) is 0 Å². The molecule has 0 heterocycles. The topological polar surface area (TPSA) is 34.1 Å². The van der Waals surface area contributed by atoms with Gasteiger partial charge in [-0.1, -0.05) is 41.5 Å². The van der Waals surface area contributed by atoms with E-state index in [0.29, 0.717) is 0 Å². The lowest BCUT2D eigenvalue weighted by Gasteiger charge is -2.26. The molecule has 0 aromatic rings. The van der Waals surface area contributed by atoms with Crippen LogP contribution in [0.25, 0.3) is 0 Å². The second-order valence-electron chi connectivity index (χ2n) is 5.55. The molecule has 0 atom stereocenters. The number of carbonyl (C=O) groups excluding carboxylic acids is 2. The van der Waals surface area contributed by atoms with E-state index < -0.39 is 0 Å². The Morgan fingerprint density at radius 3 is 1.17 bits per heavy atom. The molecule has 0 aliphatic rings. The third-order valence-electron chi connectivity index (χ3n) is 4.06. The summed E-state index contributed by atoms with van der Waals surface area (Å²) in [5.74, 6) is 0.177. The lowest BCUT2D eigenvalue weighted by Crippen LogP contribution is -2.36. The maximum absolute atomic E-state index is 12.5. The summed E-state index contributed by atoms with van der Waals surface area (Å²) in [6, 6.07) is 0. The number of ketones is 2. The molecule has 0 rings (SSSR count). The second kappa shape index (κ2) is 8.44. The van der Waals surface area contributed by atoms with Gasteiger partial charge in [0, 0.05) is 11.8 Å². The Kier molecular flexibility index (Phi) is 8.13. The molecule has 0 saturated heterocycles. The average Bonchev–Trinajstić information content (AvgIpc) is 2.31. The van der Waals surface area contributed by atoms with Gasteiger partial charge in [-0.25, -0.2) is 0 Å². The van der Waals surface area contributed by atoms with E-state index in [-0.39, 0.29) is 35.2 Å². The monoisotopic (exact) mass is 254 g/mol. The average molecular weight is 254 g/mol. The zero-order chi connectivity index (χ0) is 14.3. The quantitative estimate of drug-likeness (QED) is 0.576. The Balaban J connectivity index is 5.07. The van der Waals surface area contributed by atoms with Crippen molar-refractivity contribution in [1.82, 2.24) is 0 Å². The maximum atomic E-state index is 12.5. The van der Waals surface area contributed by atoms with Crippen LogP contribution in [-0.2, 0) is 9.59 Å². The lowest BCUT2D eigenvalue weighted by molar-refractivity contribution is -0.139. The van der Waals surface area contributed by atoms with Crippen LogP contribution in [0.1, 0.15) is 67.2 Å². The summed E-state index contributed by atoms with van der Waals surface area (Å²) in [6.07, 6.45) is 3.37. The van der Waals surface area contributed by atoms with Crippen LogP contribution in [0, 0.1) is 23.7 Å². The molecule has 0 aliphatic heterocycles. The highest BCUT2D eigenvalue weighted by molar-refractivity contribution is 6.04. The minimum atomic E-state index is -0.389. The van der Waals surface area contributed by atoms with Crippen LogP contribution in [0.5, 0.6) is 0 Å². The van der Waals surface area contributed by atoms with Crippen molar-refractivity contribution in [2.45, 2.75) is 67.2 Å². The van der Waals surface area contributed by atoms with Gasteiger partial charge in [-0.15, -0.1) is 0 Å². The Labute approximate surface area is 113 Å². The van der Waals surface area contributed by atoms with E-state index in [2.05, 4.69) is 0 Å². The zero-order valence-electron chi connectivity index (χ0n) is 13.0. The summed E-state index contributed by atoms with van der Waals surface area (Å²) in [7, 11) is 0. The van der Waals surface area contributed by atoms with Gasteiger partial charge in [0.05, 0.1) is 5.92 Å². The molecule has 0 aromatic heterocycles. The van der Waals surface area contributed by atoms with Crippen molar-refractivity contribution in [3.05, 3.63) is 0 Å². The van der Waals surface area contributed by atoms with E-state index in [9.17, 15) is 9.59 Å². The summed E-state index contributed by atoms with van der Waals surface area (Å²) in [5.41, 5.74) is 0. The molecule has 0 amide bonds. The normalized spacial score (nSPS) is 11.9. The number of hydrogen-bond donors (Lipinski definition) is 0. The molecule has 2 nitrogen and oxygen atoms in total. The molecule has 0 unspecified atom stereocenters. The van der Waals surface area contributed by atoms with Gasteiger partial charge in [0.2, 0.25) is 0 Å². The molecule has 0 saturated carbocycles. The highest BCUT2D eigenvalue weighted by atomic mass is 16.2. The predicted octanol–water partition coefficient (Wildman–Crippen LogP) is 4.27. The Bertz CT molecular complexity index is 236. The van der Waals surface area contributed by atoms with Crippen molar-refractivity contribution < 1.29 is 9.59 Å². The van der Waals surface area contributed by atoms with Crippen LogP contribution in [0.3, 0.4) is 0 Å². The molecule has 106 valence electrons. The molecular formula is C16H30O2. The fraction of sp³-hybridized carbons (Fsp3) is 0.875. The number of hydrogen-bond acceptors (Lipinski definition) is 2. The van der Waals surface area contributed by atoms with Gasteiger partial charge in [-0.05, 0) is 31.6 Å². The highest BCUT2D eigenvalue weighted by Crippen LogP contribution is 2.26. The Morgan fingerprint density at radius 1 is 0.722 bits per heavy atom. The van der Waals surface area contributed by atoms with E-state index >= 15 is 0 Å². The van der Waals surface area contributed by atoms with Gasteiger partial charge < -0.3 is 0 Å². The van der Waals surface area contributed by atoms with Gasteiger partial charge in [-0.3, -0.25) is 9.59 Å². The molecule has 0 spiro atoms. The van der Waals surface area contributed by atoms with Crippen LogP contribution >= 0.6 is 0 Å². The van der Waals surface area contributed by atoms with E-state index in [1.54, 1.807) is 0 Å². The third kappa shape index (κ3) is 4.22. The molecule has 0 aliphatic carbocycles. The Hall–Kier alpha value is -0.660. The summed E-state index contributed by atoms with van der Waals surface area (Å²) in [5, 5.41) is 0. The smallest absolute Gasteiger partial charge is 0.146 e. The van der Waals surface area contributed by atoms with Gasteiger partial charge in [0.1, 0.15) is 11.6 Å². The second-order valence-corrected chi connectivity index (χ2v) is 5.55. The molecule has 0 aromatic carbocycles. The van der Waals surface area contributed by atoms with Crippen LogP contribution < -0.4 is 0 Å². The first kappa shape index (κ1) is 17.3. The van der Waals surface area contributed by atoms with Crippen LogP contribution in [-0.4, -0.2) is 11.6 Å². The SMILES string of the molecule is CCC(CC)C(=O)C(C(=O)C(CC)CC)C(C)C. The summed E-state index contributed by atoms with van der Waals surface area (Å²) in [4.78, 5) is 25.0.